The van der Waals surface area contributed by atoms with E-state index >= 15 is 0 Å². The summed E-state index contributed by atoms with van der Waals surface area (Å²) in [7, 11) is 3.05. The van der Waals surface area contributed by atoms with Crippen LogP contribution in [0.2, 0.25) is 0 Å². The SMILES string of the molecule is COc1ccc(C(=O)N2CC(c3ncc(C)n3CC3CC3)C2)c(OC)n1. The van der Waals surface area contributed by atoms with Gasteiger partial charge in [0.1, 0.15) is 11.4 Å². The normalized spacial score (nSPS) is 17.1. The van der Waals surface area contributed by atoms with Crippen LogP contribution in [-0.4, -0.2) is 52.7 Å². The second-order valence-electron chi connectivity index (χ2n) is 7.13. The Kier molecular flexibility index (Phi) is 4.30. The van der Waals surface area contributed by atoms with Crippen molar-refractivity contribution in [1.82, 2.24) is 19.4 Å². The fourth-order valence-electron chi connectivity index (χ4n) is 3.44. The van der Waals surface area contributed by atoms with Gasteiger partial charge in [-0.05, 0) is 31.7 Å². The molecule has 0 aromatic carbocycles. The molecule has 0 spiro atoms. The van der Waals surface area contributed by atoms with Gasteiger partial charge in [0.25, 0.3) is 5.91 Å². The summed E-state index contributed by atoms with van der Waals surface area (Å²) in [5.74, 6) is 2.86. The van der Waals surface area contributed by atoms with Gasteiger partial charge in [0.2, 0.25) is 11.8 Å². The monoisotopic (exact) mass is 356 g/mol. The molecule has 4 rings (SSSR count). The van der Waals surface area contributed by atoms with E-state index in [1.54, 1.807) is 12.1 Å². The molecular weight excluding hydrogens is 332 g/mol. The van der Waals surface area contributed by atoms with Crippen LogP contribution in [-0.2, 0) is 6.54 Å². The van der Waals surface area contributed by atoms with E-state index in [0.29, 0.717) is 36.3 Å². The lowest BCUT2D eigenvalue weighted by Crippen LogP contribution is -2.49. The number of rotatable bonds is 6. The van der Waals surface area contributed by atoms with Crippen LogP contribution in [0, 0.1) is 12.8 Å². The quantitative estimate of drug-likeness (QED) is 0.794. The van der Waals surface area contributed by atoms with Gasteiger partial charge in [-0.3, -0.25) is 4.79 Å². The standard InChI is InChI=1S/C19H24N4O3/c1-12-8-20-17(23(12)9-13-4-5-13)14-10-22(11-14)19(24)15-6-7-16(25-2)21-18(15)26-3/h6-8,13-14H,4-5,9-11H2,1-3H3. The smallest absolute Gasteiger partial charge is 0.259 e. The average molecular weight is 356 g/mol. The predicted octanol–water partition coefficient (Wildman–Crippen LogP) is 2.25. The lowest BCUT2D eigenvalue weighted by Gasteiger charge is -2.39. The third kappa shape index (κ3) is 3.02. The first kappa shape index (κ1) is 16.9. The number of ether oxygens (including phenoxy) is 2. The summed E-state index contributed by atoms with van der Waals surface area (Å²) in [6.45, 7) is 4.51. The average Bonchev–Trinajstić information content (AvgIpc) is 3.38. The van der Waals surface area contributed by atoms with Gasteiger partial charge in [0.05, 0.1) is 20.1 Å². The number of nitrogens with zero attached hydrogens (tertiary/aromatic N) is 4. The third-order valence-corrected chi connectivity index (χ3v) is 5.23. The largest absolute Gasteiger partial charge is 0.481 e. The van der Waals surface area contributed by atoms with Gasteiger partial charge in [-0.1, -0.05) is 0 Å². The van der Waals surface area contributed by atoms with Crippen molar-refractivity contribution in [3.63, 3.8) is 0 Å². The highest BCUT2D eigenvalue weighted by molar-refractivity contribution is 5.97. The number of hydrogen-bond donors (Lipinski definition) is 0. The van der Waals surface area contributed by atoms with Crippen molar-refractivity contribution < 1.29 is 14.3 Å². The fraction of sp³-hybridized carbons (Fsp3) is 0.526. The van der Waals surface area contributed by atoms with E-state index in [0.717, 1.165) is 18.3 Å². The second kappa shape index (κ2) is 6.63. The Hall–Kier alpha value is -2.57. The van der Waals surface area contributed by atoms with Gasteiger partial charge in [-0.2, -0.15) is 4.98 Å². The van der Waals surface area contributed by atoms with Gasteiger partial charge in [-0.15, -0.1) is 0 Å². The lowest BCUT2D eigenvalue weighted by molar-refractivity contribution is 0.0586. The maximum absolute atomic E-state index is 12.8. The molecule has 2 aromatic rings. The van der Waals surface area contributed by atoms with Crippen molar-refractivity contribution in [2.75, 3.05) is 27.3 Å². The van der Waals surface area contributed by atoms with E-state index in [2.05, 4.69) is 21.5 Å². The zero-order valence-corrected chi connectivity index (χ0v) is 15.4. The van der Waals surface area contributed by atoms with Crippen LogP contribution in [0.25, 0.3) is 0 Å². The summed E-state index contributed by atoms with van der Waals surface area (Å²) in [6.07, 6.45) is 4.58. The zero-order valence-electron chi connectivity index (χ0n) is 15.4. The van der Waals surface area contributed by atoms with Crippen LogP contribution in [0.3, 0.4) is 0 Å². The molecule has 2 aliphatic rings. The first-order valence-electron chi connectivity index (χ1n) is 9.01. The van der Waals surface area contributed by atoms with E-state index in [-0.39, 0.29) is 5.91 Å². The lowest BCUT2D eigenvalue weighted by atomic mass is 9.97. The molecule has 1 saturated heterocycles. The number of methoxy groups -OCH3 is 2. The molecule has 7 heteroatoms. The Morgan fingerprint density at radius 1 is 1.23 bits per heavy atom. The molecule has 0 atom stereocenters. The predicted molar refractivity (Wildman–Crippen MR) is 95.7 cm³/mol. The van der Waals surface area contributed by atoms with Crippen molar-refractivity contribution >= 4 is 5.91 Å². The highest BCUT2D eigenvalue weighted by Crippen LogP contribution is 2.34. The van der Waals surface area contributed by atoms with Crippen LogP contribution in [0.15, 0.2) is 18.3 Å². The molecule has 0 radical (unpaired) electrons. The van der Waals surface area contributed by atoms with Crippen LogP contribution in [0.4, 0.5) is 0 Å². The number of carbonyl (C=O) groups is 1. The van der Waals surface area contributed by atoms with E-state index in [9.17, 15) is 4.79 Å². The minimum atomic E-state index is -0.0646. The number of pyridine rings is 1. The molecule has 2 fully saturated rings. The summed E-state index contributed by atoms with van der Waals surface area (Å²) in [5, 5.41) is 0. The van der Waals surface area contributed by atoms with Crippen molar-refractivity contribution in [2.45, 2.75) is 32.2 Å². The minimum Gasteiger partial charge on any atom is -0.481 e. The molecule has 2 aromatic heterocycles. The van der Waals surface area contributed by atoms with Gasteiger partial charge in [0.15, 0.2) is 0 Å². The highest BCUT2D eigenvalue weighted by Gasteiger charge is 2.37. The molecule has 0 unspecified atom stereocenters. The third-order valence-electron chi connectivity index (χ3n) is 5.23. The molecule has 0 bridgehead atoms. The number of hydrogen-bond acceptors (Lipinski definition) is 5. The fourth-order valence-corrected chi connectivity index (χ4v) is 3.44. The Bertz CT molecular complexity index is 822. The van der Waals surface area contributed by atoms with Crippen LogP contribution < -0.4 is 9.47 Å². The number of amides is 1. The first-order valence-corrected chi connectivity index (χ1v) is 9.01. The van der Waals surface area contributed by atoms with Crippen molar-refractivity contribution in [2.24, 2.45) is 5.92 Å². The molecule has 3 heterocycles. The topological polar surface area (TPSA) is 69.5 Å². The van der Waals surface area contributed by atoms with Crippen LogP contribution >= 0.6 is 0 Å². The van der Waals surface area contributed by atoms with Gasteiger partial charge in [0, 0.05) is 37.6 Å². The molecule has 7 nitrogen and oxygen atoms in total. The molecule has 26 heavy (non-hydrogen) atoms. The maximum Gasteiger partial charge on any atom is 0.259 e. The summed E-state index contributed by atoms with van der Waals surface area (Å²) >= 11 is 0. The number of imidazole rings is 1. The first-order chi connectivity index (χ1) is 12.6. The van der Waals surface area contributed by atoms with E-state index in [4.69, 9.17) is 9.47 Å². The summed E-state index contributed by atoms with van der Waals surface area (Å²) in [4.78, 5) is 23.4. The van der Waals surface area contributed by atoms with Crippen LogP contribution in [0.1, 0.15) is 40.6 Å². The van der Waals surface area contributed by atoms with E-state index in [1.807, 2.05) is 11.1 Å². The Morgan fingerprint density at radius 2 is 2.00 bits per heavy atom. The molecule has 1 amide bonds. The number of aromatic nitrogens is 3. The molecule has 138 valence electrons. The zero-order chi connectivity index (χ0) is 18.3. The van der Waals surface area contributed by atoms with Crippen molar-refractivity contribution in [3.8, 4) is 11.8 Å². The molecule has 1 aliphatic carbocycles. The minimum absolute atomic E-state index is 0.0646. The number of aryl methyl sites for hydroxylation is 1. The number of carbonyl (C=O) groups excluding carboxylic acids is 1. The Labute approximate surface area is 152 Å². The summed E-state index contributed by atoms with van der Waals surface area (Å²) in [5.41, 5.74) is 1.67. The molecular formula is C19H24N4O3. The molecule has 1 aliphatic heterocycles. The molecule has 0 N–H and O–H groups in total. The van der Waals surface area contributed by atoms with Gasteiger partial charge >= 0.3 is 0 Å². The van der Waals surface area contributed by atoms with Gasteiger partial charge < -0.3 is 18.9 Å². The molecule has 1 saturated carbocycles. The van der Waals surface area contributed by atoms with E-state index < -0.39 is 0 Å². The van der Waals surface area contributed by atoms with E-state index in [1.165, 1.54) is 32.8 Å². The highest BCUT2D eigenvalue weighted by atomic mass is 16.5. The number of likely N-dealkylation sites (tertiary alicyclic amines) is 1. The maximum atomic E-state index is 12.8. The summed E-state index contributed by atoms with van der Waals surface area (Å²) < 4.78 is 12.7. The summed E-state index contributed by atoms with van der Waals surface area (Å²) in [6, 6.07) is 3.39. The Balaban J connectivity index is 1.46. The Morgan fingerprint density at radius 3 is 2.65 bits per heavy atom. The van der Waals surface area contributed by atoms with Gasteiger partial charge in [-0.25, -0.2) is 4.98 Å². The van der Waals surface area contributed by atoms with Crippen LogP contribution in [0.5, 0.6) is 11.8 Å². The van der Waals surface area contributed by atoms with Crippen molar-refractivity contribution in [3.05, 3.63) is 35.4 Å². The second-order valence-corrected chi connectivity index (χ2v) is 7.13. The van der Waals surface area contributed by atoms with Crippen molar-refractivity contribution in [1.29, 1.82) is 0 Å².